The lowest BCUT2D eigenvalue weighted by atomic mass is 10.1. The van der Waals surface area contributed by atoms with Gasteiger partial charge in [0.25, 0.3) is 0 Å². The standard InChI is InChI=1S/C26H38O6Si2/c1-7-20(2)19-30-25(27)21-11-15-24(16-12-21)31-26(28)22-9-13-23(14-10-22)29-17-8-18-34(5,6)32-33(3)4/h9-16,20,33H,7-8,17-19H2,1-6H3. The minimum Gasteiger partial charge on any atom is -0.494 e. The minimum atomic E-state index is -1.59. The first-order valence-electron chi connectivity index (χ1n) is 12.0. The van der Waals surface area contributed by atoms with Gasteiger partial charge in [-0.2, -0.15) is 0 Å². The molecule has 0 heterocycles. The van der Waals surface area contributed by atoms with E-state index in [-0.39, 0.29) is 5.97 Å². The number of esters is 2. The zero-order valence-electron chi connectivity index (χ0n) is 21.3. The van der Waals surface area contributed by atoms with Crippen LogP contribution in [0.5, 0.6) is 11.5 Å². The van der Waals surface area contributed by atoms with Crippen LogP contribution in [0.1, 0.15) is 47.4 Å². The Kier molecular flexibility index (Phi) is 11.0. The number of benzene rings is 2. The smallest absolute Gasteiger partial charge is 0.343 e. The summed E-state index contributed by atoms with van der Waals surface area (Å²) in [6, 6.07) is 14.3. The lowest BCUT2D eigenvalue weighted by Gasteiger charge is -2.25. The Balaban J connectivity index is 1.80. The molecule has 1 atom stereocenters. The number of rotatable bonds is 13. The fourth-order valence-electron chi connectivity index (χ4n) is 3.32. The predicted octanol–water partition coefficient (Wildman–Crippen LogP) is 6.08. The fraction of sp³-hybridized carbons (Fsp3) is 0.462. The molecule has 0 aromatic heterocycles. The van der Waals surface area contributed by atoms with Crippen LogP contribution in [0.3, 0.4) is 0 Å². The van der Waals surface area contributed by atoms with E-state index in [0.717, 1.165) is 24.6 Å². The highest BCUT2D eigenvalue weighted by Crippen LogP contribution is 2.19. The molecule has 2 aromatic rings. The van der Waals surface area contributed by atoms with Gasteiger partial charge in [0.15, 0.2) is 17.4 Å². The zero-order chi connectivity index (χ0) is 25.1. The molecule has 0 N–H and O–H groups in total. The van der Waals surface area contributed by atoms with Crippen molar-refractivity contribution >= 4 is 29.3 Å². The van der Waals surface area contributed by atoms with Crippen LogP contribution in [-0.2, 0) is 8.85 Å². The molecule has 0 aliphatic heterocycles. The highest BCUT2D eigenvalue weighted by Gasteiger charge is 2.23. The molecule has 8 heteroatoms. The summed E-state index contributed by atoms with van der Waals surface area (Å²) in [5.74, 6) is 0.550. The summed E-state index contributed by atoms with van der Waals surface area (Å²) in [5, 5.41) is 0. The average molecular weight is 503 g/mol. The molecule has 0 bridgehead atoms. The first-order chi connectivity index (χ1) is 16.1. The molecule has 34 heavy (non-hydrogen) atoms. The SMILES string of the molecule is CCC(C)COC(=O)c1ccc(OC(=O)c2ccc(OCCC[Si](C)(C)O[SiH](C)C)cc2)cc1. The van der Waals surface area contributed by atoms with Crippen molar-refractivity contribution in [2.75, 3.05) is 13.2 Å². The van der Waals surface area contributed by atoms with Crippen molar-refractivity contribution in [2.45, 2.75) is 58.9 Å². The Morgan fingerprint density at radius 3 is 2.03 bits per heavy atom. The van der Waals surface area contributed by atoms with Crippen molar-refractivity contribution in [3.63, 3.8) is 0 Å². The summed E-state index contributed by atoms with van der Waals surface area (Å²) in [7, 11) is -2.60. The van der Waals surface area contributed by atoms with Crippen molar-refractivity contribution in [3.05, 3.63) is 59.7 Å². The van der Waals surface area contributed by atoms with Crippen LogP contribution < -0.4 is 9.47 Å². The highest BCUT2D eigenvalue weighted by molar-refractivity contribution is 6.77. The third kappa shape index (κ3) is 9.83. The van der Waals surface area contributed by atoms with Gasteiger partial charge in [0.05, 0.1) is 24.3 Å². The number of carbonyl (C=O) groups excluding carboxylic acids is 2. The molecule has 1 unspecified atom stereocenters. The number of ether oxygens (including phenoxy) is 3. The summed E-state index contributed by atoms with van der Waals surface area (Å²) in [6.07, 6.45) is 1.90. The average Bonchev–Trinajstić information content (AvgIpc) is 2.80. The van der Waals surface area contributed by atoms with E-state index in [4.69, 9.17) is 18.3 Å². The zero-order valence-corrected chi connectivity index (χ0v) is 23.4. The van der Waals surface area contributed by atoms with E-state index in [1.165, 1.54) is 0 Å². The molecule has 2 rings (SSSR count). The van der Waals surface area contributed by atoms with Gasteiger partial charge in [-0.25, -0.2) is 9.59 Å². The van der Waals surface area contributed by atoms with Crippen LogP contribution in [0.25, 0.3) is 0 Å². The maximum absolute atomic E-state index is 12.5. The largest absolute Gasteiger partial charge is 0.494 e. The Hall–Kier alpha value is -2.43. The van der Waals surface area contributed by atoms with Gasteiger partial charge in [0.1, 0.15) is 11.5 Å². The van der Waals surface area contributed by atoms with Crippen LogP contribution in [0.15, 0.2) is 48.5 Å². The van der Waals surface area contributed by atoms with E-state index in [0.29, 0.717) is 36.0 Å². The molecular weight excluding hydrogens is 464 g/mol. The maximum Gasteiger partial charge on any atom is 0.343 e. The second-order valence-corrected chi connectivity index (χ2v) is 16.5. The molecule has 0 saturated carbocycles. The molecule has 0 spiro atoms. The van der Waals surface area contributed by atoms with Crippen molar-refractivity contribution in [1.82, 2.24) is 0 Å². The second kappa shape index (κ2) is 13.5. The highest BCUT2D eigenvalue weighted by atomic mass is 28.4. The van der Waals surface area contributed by atoms with Crippen LogP contribution in [0, 0.1) is 5.92 Å². The van der Waals surface area contributed by atoms with Crippen LogP contribution in [0.2, 0.25) is 32.2 Å². The van der Waals surface area contributed by atoms with Crippen molar-refractivity contribution in [2.24, 2.45) is 5.92 Å². The molecule has 2 aromatic carbocycles. The Morgan fingerprint density at radius 2 is 1.47 bits per heavy atom. The van der Waals surface area contributed by atoms with Gasteiger partial charge in [-0.05, 0) is 93.1 Å². The molecule has 0 fully saturated rings. The maximum atomic E-state index is 12.5. The van der Waals surface area contributed by atoms with Gasteiger partial charge in [-0.15, -0.1) is 0 Å². The van der Waals surface area contributed by atoms with Gasteiger partial charge in [0.2, 0.25) is 0 Å². The Morgan fingerprint density at radius 1 is 0.912 bits per heavy atom. The van der Waals surface area contributed by atoms with Crippen molar-refractivity contribution in [1.29, 1.82) is 0 Å². The Bertz CT molecular complexity index is 910. The van der Waals surface area contributed by atoms with Gasteiger partial charge in [-0.1, -0.05) is 20.3 Å². The molecule has 6 nitrogen and oxygen atoms in total. The molecule has 186 valence electrons. The fourth-order valence-corrected chi connectivity index (χ4v) is 9.89. The lowest BCUT2D eigenvalue weighted by molar-refractivity contribution is 0.0447. The van der Waals surface area contributed by atoms with E-state index < -0.39 is 23.3 Å². The van der Waals surface area contributed by atoms with Gasteiger partial charge < -0.3 is 18.3 Å². The third-order valence-electron chi connectivity index (χ3n) is 5.33. The monoisotopic (exact) mass is 502 g/mol. The van der Waals surface area contributed by atoms with Crippen molar-refractivity contribution < 1.29 is 27.9 Å². The Labute approximate surface area is 206 Å². The van der Waals surface area contributed by atoms with Crippen LogP contribution in [0.4, 0.5) is 0 Å². The van der Waals surface area contributed by atoms with Crippen LogP contribution >= 0.6 is 0 Å². The van der Waals surface area contributed by atoms with Crippen LogP contribution in [-0.4, -0.2) is 42.5 Å². The first-order valence-corrected chi connectivity index (χ1v) is 17.9. The van der Waals surface area contributed by atoms with Gasteiger partial charge >= 0.3 is 11.9 Å². The number of carbonyl (C=O) groups is 2. The summed E-state index contributed by atoms with van der Waals surface area (Å²) in [6.45, 7) is 14.0. The lowest BCUT2D eigenvalue weighted by Crippen LogP contribution is -2.35. The first kappa shape index (κ1) is 27.8. The normalized spacial score (nSPS) is 12.3. The summed E-state index contributed by atoms with van der Waals surface area (Å²) in [4.78, 5) is 24.5. The van der Waals surface area contributed by atoms with E-state index in [1.54, 1.807) is 48.5 Å². The molecule has 0 aliphatic rings. The second-order valence-electron chi connectivity index (χ2n) is 9.43. The number of hydrogen-bond acceptors (Lipinski definition) is 6. The molecular formula is C26H38O6Si2. The van der Waals surface area contributed by atoms with Crippen molar-refractivity contribution in [3.8, 4) is 11.5 Å². The van der Waals surface area contributed by atoms with Gasteiger partial charge in [-0.3, -0.25) is 0 Å². The minimum absolute atomic E-state index is 0.320. The molecule has 0 aliphatic carbocycles. The predicted molar refractivity (Wildman–Crippen MR) is 140 cm³/mol. The summed E-state index contributed by atoms with van der Waals surface area (Å²) in [5.41, 5.74) is 0.849. The van der Waals surface area contributed by atoms with E-state index in [2.05, 4.69) is 33.1 Å². The molecule has 0 radical (unpaired) electrons. The molecule has 0 saturated heterocycles. The summed E-state index contributed by atoms with van der Waals surface area (Å²) < 4.78 is 22.7. The summed E-state index contributed by atoms with van der Waals surface area (Å²) >= 11 is 0. The topological polar surface area (TPSA) is 71.1 Å². The third-order valence-corrected chi connectivity index (χ3v) is 11.3. The van der Waals surface area contributed by atoms with E-state index in [1.807, 2.05) is 6.92 Å². The van der Waals surface area contributed by atoms with E-state index >= 15 is 0 Å². The molecule has 0 amide bonds. The van der Waals surface area contributed by atoms with E-state index in [9.17, 15) is 9.59 Å². The number of hydrogen-bond donors (Lipinski definition) is 0. The van der Waals surface area contributed by atoms with Gasteiger partial charge in [0, 0.05) is 0 Å². The quantitative estimate of drug-likeness (QED) is 0.143.